The number of nitrogens with one attached hydrogen (secondary N) is 1. The molecule has 1 saturated heterocycles. The van der Waals surface area contributed by atoms with E-state index in [4.69, 9.17) is 9.72 Å². The van der Waals surface area contributed by atoms with Gasteiger partial charge >= 0.3 is 0 Å². The first-order valence-corrected chi connectivity index (χ1v) is 11.0. The van der Waals surface area contributed by atoms with Crippen molar-refractivity contribution in [3.05, 3.63) is 64.4 Å². The highest BCUT2D eigenvalue weighted by molar-refractivity contribution is 8.00. The second-order valence-electron chi connectivity index (χ2n) is 7.58. The van der Waals surface area contributed by atoms with E-state index in [-0.39, 0.29) is 17.6 Å². The van der Waals surface area contributed by atoms with Gasteiger partial charge in [-0.3, -0.25) is 14.2 Å². The Bertz CT molecular complexity index is 1100. The highest BCUT2D eigenvalue weighted by Crippen LogP contribution is 2.25. The Morgan fingerprint density at radius 2 is 2.03 bits per heavy atom. The van der Waals surface area contributed by atoms with Crippen LogP contribution in [-0.2, 0) is 16.1 Å². The standard InChI is InChI=1S/C23H25N3O3S/c1-15-9-11-17(12-10-15)24-21(27)16(2)30-23-25-20-8-4-3-7-19(20)22(28)26(23)14-18-6-5-13-29-18/h3-4,7-12,16,18H,5-6,13-14H2,1-2H3,(H,24,27)/t16-,18+/m0/s1. The lowest BCUT2D eigenvalue weighted by Crippen LogP contribution is -2.30. The minimum absolute atomic E-state index is 0.00158. The number of amides is 1. The van der Waals surface area contributed by atoms with Crippen molar-refractivity contribution in [1.82, 2.24) is 9.55 Å². The lowest BCUT2D eigenvalue weighted by atomic mass is 10.2. The van der Waals surface area contributed by atoms with Crippen LogP contribution >= 0.6 is 11.8 Å². The molecule has 4 rings (SSSR count). The minimum atomic E-state index is -0.421. The summed E-state index contributed by atoms with van der Waals surface area (Å²) in [5.74, 6) is -0.130. The zero-order valence-electron chi connectivity index (χ0n) is 17.1. The maximum absolute atomic E-state index is 13.2. The van der Waals surface area contributed by atoms with Crippen LogP contribution in [0.15, 0.2) is 58.5 Å². The number of rotatable bonds is 6. The Hall–Kier alpha value is -2.64. The summed E-state index contributed by atoms with van der Waals surface area (Å²) in [5.41, 5.74) is 2.43. The Balaban J connectivity index is 1.60. The first-order chi connectivity index (χ1) is 14.5. The molecule has 1 fully saturated rings. The van der Waals surface area contributed by atoms with E-state index < -0.39 is 5.25 Å². The highest BCUT2D eigenvalue weighted by Gasteiger charge is 2.23. The second-order valence-corrected chi connectivity index (χ2v) is 8.89. The number of aromatic nitrogens is 2. The molecule has 2 atom stereocenters. The number of anilines is 1. The monoisotopic (exact) mass is 423 g/mol. The second kappa shape index (κ2) is 9.02. The van der Waals surface area contributed by atoms with E-state index in [2.05, 4.69) is 5.32 Å². The molecule has 7 heteroatoms. The number of benzene rings is 2. The summed E-state index contributed by atoms with van der Waals surface area (Å²) < 4.78 is 7.41. The van der Waals surface area contributed by atoms with Crippen molar-refractivity contribution < 1.29 is 9.53 Å². The van der Waals surface area contributed by atoms with Crippen molar-refractivity contribution >= 4 is 34.3 Å². The third-order valence-electron chi connectivity index (χ3n) is 5.21. The van der Waals surface area contributed by atoms with E-state index in [0.717, 1.165) is 30.7 Å². The highest BCUT2D eigenvalue weighted by atomic mass is 32.2. The normalized spacial score (nSPS) is 17.2. The van der Waals surface area contributed by atoms with Gasteiger partial charge in [0.15, 0.2) is 5.16 Å². The molecule has 2 heterocycles. The van der Waals surface area contributed by atoms with Gasteiger partial charge in [0.1, 0.15) is 0 Å². The van der Waals surface area contributed by atoms with Gasteiger partial charge in [0.2, 0.25) is 5.91 Å². The van der Waals surface area contributed by atoms with Crippen molar-refractivity contribution in [2.75, 3.05) is 11.9 Å². The third kappa shape index (κ3) is 4.57. The van der Waals surface area contributed by atoms with Crippen LogP contribution in [-0.4, -0.2) is 33.4 Å². The Labute approximate surface area is 179 Å². The molecule has 30 heavy (non-hydrogen) atoms. The molecule has 0 radical (unpaired) electrons. The number of hydrogen-bond acceptors (Lipinski definition) is 5. The number of nitrogens with zero attached hydrogens (tertiary/aromatic N) is 2. The van der Waals surface area contributed by atoms with Crippen LogP contribution in [0.2, 0.25) is 0 Å². The number of carbonyl (C=O) groups is 1. The number of aryl methyl sites for hydroxylation is 1. The molecule has 1 aliphatic rings. The minimum Gasteiger partial charge on any atom is -0.376 e. The fourth-order valence-corrected chi connectivity index (χ4v) is 4.40. The van der Waals surface area contributed by atoms with Gasteiger partial charge in [0.25, 0.3) is 5.56 Å². The van der Waals surface area contributed by atoms with Gasteiger partial charge < -0.3 is 10.1 Å². The van der Waals surface area contributed by atoms with Crippen molar-refractivity contribution in [2.45, 2.75) is 49.7 Å². The van der Waals surface area contributed by atoms with Crippen LogP contribution in [0, 0.1) is 6.92 Å². The van der Waals surface area contributed by atoms with Crippen LogP contribution in [0.5, 0.6) is 0 Å². The molecule has 0 saturated carbocycles. The van der Waals surface area contributed by atoms with Crippen molar-refractivity contribution in [2.24, 2.45) is 0 Å². The Morgan fingerprint density at radius 1 is 1.27 bits per heavy atom. The molecule has 1 N–H and O–H groups in total. The van der Waals surface area contributed by atoms with E-state index in [0.29, 0.717) is 22.6 Å². The van der Waals surface area contributed by atoms with Gasteiger partial charge in [-0.05, 0) is 51.0 Å². The van der Waals surface area contributed by atoms with Gasteiger partial charge in [-0.2, -0.15) is 0 Å². The van der Waals surface area contributed by atoms with Gasteiger partial charge in [-0.15, -0.1) is 0 Å². The summed E-state index contributed by atoms with van der Waals surface area (Å²) in [6.07, 6.45) is 1.92. The topological polar surface area (TPSA) is 73.2 Å². The first kappa shape index (κ1) is 20.6. The molecule has 156 valence electrons. The molecule has 2 aromatic carbocycles. The zero-order chi connectivity index (χ0) is 21.1. The number of thioether (sulfide) groups is 1. The van der Waals surface area contributed by atoms with Crippen molar-refractivity contribution in [1.29, 1.82) is 0 Å². The number of carbonyl (C=O) groups excluding carboxylic acids is 1. The lowest BCUT2D eigenvalue weighted by Gasteiger charge is -2.18. The SMILES string of the molecule is Cc1ccc(NC(=O)[C@H](C)Sc2nc3ccccc3c(=O)n2C[C@H]2CCCO2)cc1. The van der Waals surface area contributed by atoms with Gasteiger partial charge in [-0.1, -0.05) is 41.6 Å². The predicted octanol–water partition coefficient (Wildman–Crippen LogP) is 4.00. The number of ether oxygens (including phenoxy) is 1. The van der Waals surface area contributed by atoms with Crippen LogP contribution in [0.3, 0.4) is 0 Å². The van der Waals surface area contributed by atoms with E-state index in [1.807, 2.05) is 56.3 Å². The predicted molar refractivity (Wildman–Crippen MR) is 120 cm³/mol. The number of para-hydroxylation sites is 1. The summed E-state index contributed by atoms with van der Waals surface area (Å²) in [4.78, 5) is 30.6. The molecule has 6 nitrogen and oxygen atoms in total. The molecular formula is C23H25N3O3S. The fraction of sp³-hybridized carbons (Fsp3) is 0.348. The maximum Gasteiger partial charge on any atom is 0.262 e. The first-order valence-electron chi connectivity index (χ1n) is 10.2. The zero-order valence-corrected chi connectivity index (χ0v) is 17.9. The molecule has 0 spiro atoms. The fourth-order valence-electron chi connectivity index (χ4n) is 3.48. The van der Waals surface area contributed by atoms with Crippen molar-refractivity contribution in [3.8, 4) is 0 Å². The molecule has 0 unspecified atom stereocenters. The Kier molecular flexibility index (Phi) is 6.20. The van der Waals surface area contributed by atoms with Crippen LogP contribution in [0.4, 0.5) is 5.69 Å². The van der Waals surface area contributed by atoms with Crippen molar-refractivity contribution in [3.63, 3.8) is 0 Å². The van der Waals surface area contributed by atoms with E-state index in [1.54, 1.807) is 10.6 Å². The maximum atomic E-state index is 13.2. The molecule has 1 aromatic heterocycles. The molecule has 1 amide bonds. The largest absolute Gasteiger partial charge is 0.376 e. The van der Waals surface area contributed by atoms with E-state index in [1.165, 1.54) is 11.8 Å². The average Bonchev–Trinajstić information content (AvgIpc) is 3.26. The summed E-state index contributed by atoms with van der Waals surface area (Å²) >= 11 is 1.30. The summed E-state index contributed by atoms with van der Waals surface area (Å²) in [5, 5.41) is 3.64. The molecular weight excluding hydrogens is 398 g/mol. The molecule has 1 aliphatic heterocycles. The summed E-state index contributed by atoms with van der Waals surface area (Å²) in [6, 6.07) is 15.0. The smallest absolute Gasteiger partial charge is 0.262 e. The van der Waals surface area contributed by atoms with Gasteiger partial charge in [0, 0.05) is 12.3 Å². The number of hydrogen-bond donors (Lipinski definition) is 1. The molecule has 3 aromatic rings. The van der Waals surface area contributed by atoms with E-state index >= 15 is 0 Å². The Morgan fingerprint density at radius 3 is 2.77 bits per heavy atom. The summed E-state index contributed by atoms with van der Waals surface area (Å²) in [6.45, 7) is 5.00. The molecule has 0 aliphatic carbocycles. The summed E-state index contributed by atoms with van der Waals surface area (Å²) in [7, 11) is 0. The quantitative estimate of drug-likeness (QED) is 0.479. The van der Waals surface area contributed by atoms with Crippen LogP contribution < -0.4 is 10.9 Å². The van der Waals surface area contributed by atoms with Crippen LogP contribution in [0.25, 0.3) is 10.9 Å². The van der Waals surface area contributed by atoms with Gasteiger partial charge in [0.05, 0.1) is 28.8 Å². The van der Waals surface area contributed by atoms with E-state index in [9.17, 15) is 9.59 Å². The lowest BCUT2D eigenvalue weighted by molar-refractivity contribution is -0.115. The molecule has 0 bridgehead atoms. The van der Waals surface area contributed by atoms with Crippen LogP contribution in [0.1, 0.15) is 25.3 Å². The average molecular weight is 424 g/mol. The third-order valence-corrected chi connectivity index (χ3v) is 6.30. The number of fused-ring (bicyclic) bond motifs is 1. The van der Waals surface area contributed by atoms with Gasteiger partial charge in [-0.25, -0.2) is 4.98 Å².